The summed E-state index contributed by atoms with van der Waals surface area (Å²) in [4.78, 5) is 32.3. The third kappa shape index (κ3) is 5.15. The number of hydrogen-bond acceptors (Lipinski definition) is 12. The van der Waals surface area contributed by atoms with Gasteiger partial charge in [-0.05, 0) is 0 Å². The molecule has 6 N–H and O–H groups in total. The van der Waals surface area contributed by atoms with Crippen molar-refractivity contribution in [2.45, 2.75) is 17.0 Å². The van der Waals surface area contributed by atoms with Gasteiger partial charge in [0.2, 0.25) is 0 Å². The molecule has 13 rings (SSSR count). The molecule has 3 aliphatic rings. The highest BCUT2D eigenvalue weighted by molar-refractivity contribution is 6.20. The van der Waals surface area contributed by atoms with Crippen LogP contribution in [0.2, 0.25) is 0 Å². The standard InChI is InChI=1S/C51H36N12/c1-7-19-31(20-8-1)49(32-21-9-2-10-22-32)58-43-44(59-49)53-38-37(52-43)39-41(56-47-45(54-39)60-50(62-47,33-23-11-3-12-24-33)34-25-13-4-14-26-34)42-40(38)55-46-48(57-42)63-51(61-46,35-27-15-5-16-28-35)36-29-17-6-18-30-36/h1-30H,(H,52,58)(H,53,59)(H,54,60)(H,55,61)(H,56,62)(H,57,63). The molecule has 0 bridgehead atoms. The first-order valence-corrected chi connectivity index (χ1v) is 20.9. The van der Waals surface area contributed by atoms with Crippen LogP contribution in [0.5, 0.6) is 0 Å². The van der Waals surface area contributed by atoms with E-state index in [0.717, 1.165) is 33.4 Å². The Morgan fingerprint density at radius 2 is 0.349 bits per heavy atom. The van der Waals surface area contributed by atoms with Crippen LogP contribution in [-0.2, 0) is 17.0 Å². The van der Waals surface area contributed by atoms with Crippen molar-refractivity contribution in [2.75, 3.05) is 31.9 Å². The van der Waals surface area contributed by atoms with Gasteiger partial charge in [-0.15, -0.1) is 0 Å². The topological polar surface area (TPSA) is 150 Å². The van der Waals surface area contributed by atoms with Gasteiger partial charge in [-0.3, -0.25) is 0 Å². The molecule has 0 atom stereocenters. The van der Waals surface area contributed by atoms with Gasteiger partial charge in [0.05, 0.1) is 0 Å². The monoisotopic (exact) mass is 816 g/mol. The fourth-order valence-electron chi connectivity index (χ4n) is 9.47. The predicted octanol–water partition coefficient (Wildman–Crippen LogP) is 9.73. The Balaban J connectivity index is 1.06. The summed E-state index contributed by atoms with van der Waals surface area (Å²) in [6.07, 6.45) is 0. The van der Waals surface area contributed by atoms with Crippen LogP contribution >= 0.6 is 0 Å². The molecular formula is C51H36N12. The van der Waals surface area contributed by atoms with Gasteiger partial charge in [-0.2, -0.15) is 0 Å². The first kappa shape index (κ1) is 35.1. The third-order valence-electron chi connectivity index (χ3n) is 12.4. The molecule has 6 heterocycles. The summed E-state index contributed by atoms with van der Waals surface area (Å²) in [5, 5.41) is 22.6. The van der Waals surface area contributed by atoms with Gasteiger partial charge in [-0.1, -0.05) is 182 Å². The van der Waals surface area contributed by atoms with E-state index < -0.39 is 17.0 Å². The summed E-state index contributed by atoms with van der Waals surface area (Å²) in [6.45, 7) is 0. The molecule has 0 amide bonds. The van der Waals surface area contributed by atoms with Crippen LogP contribution in [0.25, 0.3) is 33.1 Å². The van der Waals surface area contributed by atoms with E-state index >= 15 is 0 Å². The van der Waals surface area contributed by atoms with E-state index in [9.17, 15) is 0 Å². The summed E-state index contributed by atoms with van der Waals surface area (Å²) in [5.41, 5.74) is 6.67. The van der Waals surface area contributed by atoms with Gasteiger partial charge in [0.25, 0.3) is 0 Å². The minimum Gasteiger partial charge on any atom is -0.337 e. The van der Waals surface area contributed by atoms with Crippen LogP contribution in [0.1, 0.15) is 33.4 Å². The molecule has 0 aliphatic carbocycles. The molecule has 0 spiro atoms. The quantitative estimate of drug-likeness (QED) is 0.0888. The van der Waals surface area contributed by atoms with Crippen molar-refractivity contribution in [1.82, 2.24) is 29.9 Å². The SMILES string of the molecule is c1ccc(C2(c3ccccc3)Nc3nc4c5nc6c(nc5c5nc7c(nc5c4nc3N2)NC(c2ccccc2)(c2ccccc2)N7)NC(c2ccccc2)(c2ccccc2)N6)cc1. The van der Waals surface area contributed by atoms with Gasteiger partial charge in [0.15, 0.2) is 51.9 Å². The van der Waals surface area contributed by atoms with Crippen molar-refractivity contribution < 1.29 is 0 Å². The summed E-state index contributed by atoms with van der Waals surface area (Å²) in [5.74, 6) is 3.46. The number of fused-ring (bicyclic) bond motifs is 9. The van der Waals surface area contributed by atoms with Crippen molar-refractivity contribution >= 4 is 68.0 Å². The lowest BCUT2D eigenvalue weighted by atomic mass is 9.92. The summed E-state index contributed by atoms with van der Waals surface area (Å²) >= 11 is 0. The Morgan fingerprint density at radius 1 is 0.206 bits per heavy atom. The number of nitrogens with one attached hydrogen (secondary N) is 6. The highest BCUT2D eigenvalue weighted by Gasteiger charge is 2.45. The van der Waals surface area contributed by atoms with Crippen LogP contribution in [0.15, 0.2) is 182 Å². The number of nitrogens with zero attached hydrogens (tertiary/aromatic N) is 6. The fraction of sp³-hybridized carbons (Fsp3) is 0.0588. The number of aromatic nitrogens is 6. The smallest absolute Gasteiger partial charge is 0.172 e. The average Bonchev–Trinajstić information content (AvgIpc) is 4.07. The van der Waals surface area contributed by atoms with Gasteiger partial charge in [0.1, 0.15) is 33.1 Å². The van der Waals surface area contributed by atoms with E-state index in [1.807, 2.05) is 109 Å². The molecule has 0 unspecified atom stereocenters. The molecule has 0 fully saturated rings. The van der Waals surface area contributed by atoms with E-state index in [-0.39, 0.29) is 0 Å². The maximum Gasteiger partial charge on any atom is 0.172 e. The first-order chi connectivity index (χ1) is 31.1. The molecule has 12 heteroatoms. The van der Waals surface area contributed by atoms with Gasteiger partial charge >= 0.3 is 0 Å². The zero-order chi connectivity index (χ0) is 41.6. The Bertz CT molecular complexity index is 2770. The highest BCUT2D eigenvalue weighted by atomic mass is 15.4. The van der Waals surface area contributed by atoms with Gasteiger partial charge in [0, 0.05) is 33.4 Å². The molecule has 3 aliphatic heterocycles. The molecule has 10 aromatic rings. The number of anilines is 6. The van der Waals surface area contributed by atoms with Crippen LogP contribution in [0, 0.1) is 0 Å². The summed E-state index contributed by atoms with van der Waals surface area (Å²) < 4.78 is 0. The van der Waals surface area contributed by atoms with Crippen molar-refractivity contribution in [1.29, 1.82) is 0 Å². The van der Waals surface area contributed by atoms with Crippen LogP contribution < -0.4 is 31.9 Å². The second kappa shape index (κ2) is 13.2. The highest BCUT2D eigenvalue weighted by Crippen LogP contribution is 2.48. The zero-order valence-corrected chi connectivity index (χ0v) is 33.5. The molecule has 300 valence electrons. The third-order valence-corrected chi connectivity index (χ3v) is 12.4. The number of hydrogen-bond donors (Lipinski definition) is 6. The van der Waals surface area contributed by atoms with Crippen molar-refractivity contribution in [2.24, 2.45) is 0 Å². The maximum absolute atomic E-state index is 5.39. The molecule has 3 aromatic heterocycles. The van der Waals surface area contributed by atoms with E-state index in [1.165, 1.54) is 0 Å². The Hall–Kier alpha value is -8.64. The van der Waals surface area contributed by atoms with Crippen molar-refractivity contribution in [3.05, 3.63) is 215 Å². The van der Waals surface area contributed by atoms with Crippen LogP contribution in [0.4, 0.5) is 34.9 Å². The molecule has 0 saturated carbocycles. The predicted molar refractivity (Wildman–Crippen MR) is 248 cm³/mol. The molecule has 63 heavy (non-hydrogen) atoms. The van der Waals surface area contributed by atoms with Gasteiger partial charge in [-0.25, -0.2) is 29.9 Å². The summed E-state index contributed by atoms with van der Waals surface area (Å²) in [6, 6.07) is 61.7. The lowest BCUT2D eigenvalue weighted by Crippen LogP contribution is -2.40. The zero-order valence-electron chi connectivity index (χ0n) is 33.5. The van der Waals surface area contributed by atoms with Crippen molar-refractivity contribution in [3.8, 4) is 0 Å². The molecule has 7 aromatic carbocycles. The van der Waals surface area contributed by atoms with E-state index in [4.69, 9.17) is 29.9 Å². The molecule has 0 radical (unpaired) electrons. The first-order valence-electron chi connectivity index (χ1n) is 20.9. The van der Waals surface area contributed by atoms with Crippen molar-refractivity contribution in [3.63, 3.8) is 0 Å². The van der Waals surface area contributed by atoms with Crippen LogP contribution in [0.3, 0.4) is 0 Å². The van der Waals surface area contributed by atoms with Gasteiger partial charge < -0.3 is 31.9 Å². The average molecular weight is 817 g/mol. The lowest BCUT2D eigenvalue weighted by molar-refractivity contribution is 0.700. The summed E-state index contributed by atoms with van der Waals surface area (Å²) in [7, 11) is 0. The number of benzene rings is 7. The number of rotatable bonds is 6. The maximum atomic E-state index is 5.39. The molecule has 0 saturated heterocycles. The second-order valence-corrected chi connectivity index (χ2v) is 16.1. The molecular weight excluding hydrogens is 781 g/mol. The normalized spacial score (nSPS) is 15.8. The van der Waals surface area contributed by atoms with E-state index in [2.05, 4.69) is 105 Å². The second-order valence-electron chi connectivity index (χ2n) is 16.1. The Kier molecular flexibility index (Phi) is 7.35. The largest absolute Gasteiger partial charge is 0.337 e. The molecule has 12 nitrogen and oxygen atoms in total. The Morgan fingerprint density at radius 3 is 0.492 bits per heavy atom. The van der Waals surface area contributed by atoms with E-state index in [0.29, 0.717) is 68.0 Å². The lowest BCUT2D eigenvalue weighted by Gasteiger charge is -2.31. The minimum absolute atomic E-state index is 0.536. The minimum atomic E-state index is -0.861. The van der Waals surface area contributed by atoms with Crippen LogP contribution in [-0.4, -0.2) is 29.9 Å². The Labute approximate surface area is 361 Å². The van der Waals surface area contributed by atoms with E-state index in [1.54, 1.807) is 0 Å². The fourth-order valence-corrected chi connectivity index (χ4v) is 9.47.